The molecule has 1 atom stereocenters. The van der Waals surface area contributed by atoms with Crippen LogP contribution in [0.5, 0.6) is 0 Å². The third kappa shape index (κ3) is 2.74. The van der Waals surface area contributed by atoms with Crippen molar-refractivity contribution >= 4 is 18.4 Å². The minimum atomic E-state index is -0.749. The van der Waals surface area contributed by atoms with Crippen molar-refractivity contribution < 1.29 is 9.90 Å². The smallest absolute Gasteiger partial charge is 0.317 e. The van der Waals surface area contributed by atoms with E-state index in [2.05, 4.69) is 19.1 Å². The fourth-order valence-corrected chi connectivity index (χ4v) is 2.12. The van der Waals surface area contributed by atoms with Gasteiger partial charge >= 0.3 is 5.97 Å². The van der Waals surface area contributed by atoms with Crippen molar-refractivity contribution in [2.45, 2.75) is 25.9 Å². The topological polar surface area (TPSA) is 40.5 Å². The lowest BCUT2D eigenvalue weighted by Gasteiger charge is -2.33. The van der Waals surface area contributed by atoms with Gasteiger partial charge in [0.25, 0.3) is 0 Å². The SMILES string of the molecule is CC1Cc2ccccc2CN1CC(=O)O.Cl. The molecule has 0 fully saturated rings. The Morgan fingerprint density at radius 1 is 1.44 bits per heavy atom. The van der Waals surface area contributed by atoms with Gasteiger partial charge in [-0.2, -0.15) is 0 Å². The zero-order valence-electron chi connectivity index (χ0n) is 9.22. The molecule has 1 unspecified atom stereocenters. The van der Waals surface area contributed by atoms with Crippen LogP contribution in [0.1, 0.15) is 18.1 Å². The summed E-state index contributed by atoms with van der Waals surface area (Å²) in [5, 5.41) is 8.79. The number of nitrogens with zero attached hydrogens (tertiary/aromatic N) is 1. The summed E-state index contributed by atoms with van der Waals surface area (Å²) in [6, 6.07) is 8.57. The van der Waals surface area contributed by atoms with E-state index >= 15 is 0 Å². The van der Waals surface area contributed by atoms with Crippen LogP contribution < -0.4 is 0 Å². The number of hydrogen-bond donors (Lipinski definition) is 1. The molecular formula is C12H16ClNO2. The second-order valence-corrected chi connectivity index (χ2v) is 4.12. The van der Waals surface area contributed by atoms with Gasteiger partial charge in [-0.3, -0.25) is 9.69 Å². The molecule has 4 heteroatoms. The van der Waals surface area contributed by atoms with Crippen molar-refractivity contribution in [2.75, 3.05) is 6.54 Å². The number of hydrogen-bond acceptors (Lipinski definition) is 2. The molecule has 16 heavy (non-hydrogen) atoms. The predicted octanol–water partition coefficient (Wildman–Crippen LogP) is 1.94. The number of fused-ring (bicyclic) bond motifs is 1. The van der Waals surface area contributed by atoms with Gasteiger partial charge in [0.05, 0.1) is 6.54 Å². The van der Waals surface area contributed by atoms with Crippen molar-refractivity contribution in [3.63, 3.8) is 0 Å². The second kappa shape index (κ2) is 5.32. The minimum absolute atomic E-state index is 0. The molecule has 0 saturated heterocycles. The molecule has 1 aliphatic heterocycles. The van der Waals surface area contributed by atoms with E-state index in [1.54, 1.807) is 0 Å². The highest BCUT2D eigenvalue weighted by Gasteiger charge is 2.23. The van der Waals surface area contributed by atoms with Crippen molar-refractivity contribution in [3.8, 4) is 0 Å². The lowest BCUT2D eigenvalue weighted by molar-refractivity contribution is -0.139. The molecule has 1 aliphatic rings. The largest absolute Gasteiger partial charge is 0.480 e. The van der Waals surface area contributed by atoms with E-state index < -0.39 is 5.97 Å². The maximum atomic E-state index is 10.7. The van der Waals surface area contributed by atoms with Crippen molar-refractivity contribution in [3.05, 3.63) is 35.4 Å². The molecule has 0 bridgehead atoms. The van der Waals surface area contributed by atoms with E-state index in [1.807, 2.05) is 17.0 Å². The quantitative estimate of drug-likeness (QED) is 0.860. The molecule has 1 aromatic carbocycles. The molecule has 88 valence electrons. The van der Waals surface area contributed by atoms with E-state index in [0.29, 0.717) is 6.04 Å². The van der Waals surface area contributed by atoms with Crippen molar-refractivity contribution in [2.24, 2.45) is 0 Å². The van der Waals surface area contributed by atoms with Crippen LogP contribution in [0.15, 0.2) is 24.3 Å². The number of benzene rings is 1. The Morgan fingerprint density at radius 3 is 2.69 bits per heavy atom. The maximum absolute atomic E-state index is 10.7. The van der Waals surface area contributed by atoms with E-state index in [1.165, 1.54) is 11.1 Å². The third-order valence-electron chi connectivity index (χ3n) is 2.97. The van der Waals surface area contributed by atoms with Crippen LogP contribution in [0.4, 0.5) is 0 Å². The van der Waals surface area contributed by atoms with Gasteiger partial charge in [0.15, 0.2) is 0 Å². The van der Waals surface area contributed by atoms with E-state index in [0.717, 1.165) is 13.0 Å². The average Bonchev–Trinajstić information content (AvgIpc) is 2.18. The van der Waals surface area contributed by atoms with Crippen LogP contribution in [-0.4, -0.2) is 28.6 Å². The zero-order valence-corrected chi connectivity index (χ0v) is 10.0. The number of rotatable bonds is 2. The molecule has 1 heterocycles. The fraction of sp³-hybridized carbons (Fsp3) is 0.417. The van der Waals surface area contributed by atoms with Gasteiger partial charge in [-0.05, 0) is 24.5 Å². The van der Waals surface area contributed by atoms with Gasteiger partial charge in [-0.15, -0.1) is 12.4 Å². The Bertz CT molecular complexity index is 381. The number of carboxylic acid groups (broad SMARTS) is 1. The van der Waals surface area contributed by atoms with Gasteiger partial charge < -0.3 is 5.11 Å². The van der Waals surface area contributed by atoms with Crippen LogP contribution >= 0.6 is 12.4 Å². The summed E-state index contributed by atoms with van der Waals surface area (Å²) in [4.78, 5) is 12.7. The molecule has 0 aromatic heterocycles. The normalized spacial score (nSPS) is 19.7. The fourth-order valence-electron chi connectivity index (χ4n) is 2.12. The molecular weight excluding hydrogens is 226 g/mol. The summed E-state index contributed by atoms with van der Waals surface area (Å²) in [5.74, 6) is -0.749. The lowest BCUT2D eigenvalue weighted by atomic mass is 9.95. The third-order valence-corrected chi connectivity index (χ3v) is 2.97. The van der Waals surface area contributed by atoms with Crippen molar-refractivity contribution in [1.82, 2.24) is 4.90 Å². The molecule has 3 nitrogen and oxygen atoms in total. The average molecular weight is 242 g/mol. The van der Waals surface area contributed by atoms with Crippen LogP contribution in [0.25, 0.3) is 0 Å². The number of carboxylic acids is 1. The summed E-state index contributed by atoms with van der Waals surface area (Å²) in [7, 11) is 0. The van der Waals surface area contributed by atoms with Crippen molar-refractivity contribution in [1.29, 1.82) is 0 Å². The van der Waals surface area contributed by atoms with E-state index in [9.17, 15) is 4.79 Å². The summed E-state index contributed by atoms with van der Waals surface area (Å²) in [6.45, 7) is 2.97. The lowest BCUT2D eigenvalue weighted by Crippen LogP contribution is -2.41. The highest BCUT2D eigenvalue weighted by atomic mass is 35.5. The Kier molecular flexibility index (Phi) is 4.33. The summed E-state index contributed by atoms with van der Waals surface area (Å²) >= 11 is 0. The first-order chi connectivity index (χ1) is 7.16. The molecule has 0 amide bonds. The van der Waals surface area contributed by atoms with E-state index in [-0.39, 0.29) is 19.0 Å². The van der Waals surface area contributed by atoms with E-state index in [4.69, 9.17) is 5.11 Å². The Morgan fingerprint density at radius 2 is 2.06 bits per heavy atom. The first-order valence-electron chi connectivity index (χ1n) is 5.19. The second-order valence-electron chi connectivity index (χ2n) is 4.12. The van der Waals surface area contributed by atoms with Gasteiger partial charge in [-0.25, -0.2) is 0 Å². The first-order valence-corrected chi connectivity index (χ1v) is 5.19. The highest BCUT2D eigenvalue weighted by molar-refractivity contribution is 5.85. The standard InChI is InChI=1S/C12H15NO2.ClH/c1-9-6-10-4-2-3-5-11(10)7-13(9)8-12(14)15;/h2-5,9H,6-8H2,1H3,(H,14,15);1H. The van der Waals surface area contributed by atoms with Gasteiger partial charge in [0.1, 0.15) is 0 Å². The molecule has 2 rings (SSSR count). The number of halogens is 1. The van der Waals surface area contributed by atoms with Gasteiger partial charge in [0.2, 0.25) is 0 Å². The summed E-state index contributed by atoms with van der Waals surface area (Å²) in [5.41, 5.74) is 2.61. The van der Waals surface area contributed by atoms with Gasteiger partial charge in [0, 0.05) is 12.6 Å². The maximum Gasteiger partial charge on any atom is 0.317 e. The Balaban J connectivity index is 0.00000128. The summed E-state index contributed by atoms with van der Waals surface area (Å²) < 4.78 is 0. The van der Waals surface area contributed by atoms with Crippen LogP contribution in [-0.2, 0) is 17.8 Å². The molecule has 1 aromatic rings. The molecule has 0 spiro atoms. The Labute approximate surface area is 101 Å². The molecule has 0 aliphatic carbocycles. The Hall–Kier alpha value is -1.06. The predicted molar refractivity (Wildman–Crippen MR) is 64.9 cm³/mol. The van der Waals surface area contributed by atoms with Crippen LogP contribution in [0.3, 0.4) is 0 Å². The molecule has 0 radical (unpaired) electrons. The first kappa shape index (κ1) is 13.0. The minimum Gasteiger partial charge on any atom is -0.480 e. The summed E-state index contributed by atoms with van der Waals surface area (Å²) in [6.07, 6.45) is 0.948. The van der Waals surface area contributed by atoms with Crippen LogP contribution in [0, 0.1) is 0 Å². The number of aliphatic carboxylic acids is 1. The monoisotopic (exact) mass is 241 g/mol. The van der Waals surface area contributed by atoms with Gasteiger partial charge in [-0.1, -0.05) is 24.3 Å². The molecule has 0 saturated carbocycles. The molecule has 1 N–H and O–H groups in total. The highest BCUT2D eigenvalue weighted by Crippen LogP contribution is 2.22. The zero-order chi connectivity index (χ0) is 10.8. The number of carbonyl (C=O) groups is 1. The van der Waals surface area contributed by atoms with Crippen LogP contribution in [0.2, 0.25) is 0 Å².